The van der Waals surface area contributed by atoms with E-state index >= 15 is 0 Å². The van der Waals surface area contributed by atoms with E-state index in [1.54, 1.807) is 6.92 Å². The molecule has 0 bridgehead atoms. The number of hydrogen-bond donors (Lipinski definition) is 2. The maximum Gasteiger partial charge on any atom is 0.310 e. The highest BCUT2D eigenvalue weighted by atomic mass is 35.5. The molecule has 0 heterocycles. The summed E-state index contributed by atoms with van der Waals surface area (Å²) >= 11 is 12.2. The Morgan fingerprint density at radius 2 is 1.58 bits per heavy atom. The third-order valence-corrected chi connectivity index (χ3v) is 6.59. The Balaban J connectivity index is 0.000000210. The monoisotopic (exact) mass is 455 g/mol. The van der Waals surface area contributed by atoms with Gasteiger partial charge in [-0.05, 0) is 61.2 Å². The van der Waals surface area contributed by atoms with Crippen LogP contribution in [0.15, 0.2) is 72.8 Å². The van der Waals surface area contributed by atoms with Gasteiger partial charge in [-0.15, -0.1) is 0 Å². The summed E-state index contributed by atoms with van der Waals surface area (Å²) in [7, 11) is 2.03. The molecule has 1 aliphatic rings. The third kappa shape index (κ3) is 5.68. The number of fused-ring (bicyclic) bond motifs is 1. The van der Waals surface area contributed by atoms with Crippen molar-refractivity contribution in [1.82, 2.24) is 5.32 Å². The molecule has 0 radical (unpaired) electrons. The van der Waals surface area contributed by atoms with Crippen molar-refractivity contribution in [3.8, 4) is 0 Å². The van der Waals surface area contributed by atoms with Gasteiger partial charge in [-0.2, -0.15) is 0 Å². The van der Waals surface area contributed by atoms with Gasteiger partial charge in [0.2, 0.25) is 0 Å². The number of benzene rings is 3. The molecule has 162 valence electrons. The summed E-state index contributed by atoms with van der Waals surface area (Å²) in [5.41, 5.74) is 4.90. The summed E-state index contributed by atoms with van der Waals surface area (Å²) < 4.78 is 0. The number of halogens is 2. The molecule has 0 unspecified atom stereocenters. The quantitative estimate of drug-likeness (QED) is 0.442. The Morgan fingerprint density at radius 3 is 2.19 bits per heavy atom. The van der Waals surface area contributed by atoms with Crippen LogP contribution in [0.1, 0.15) is 59.9 Å². The third-order valence-electron chi connectivity index (χ3n) is 5.86. The lowest BCUT2D eigenvalue weighted by Gasteiger charge is -2.32. The molecule has 0 aromatic heterocycles. The molecule has 0 aliphatic heterocycles. The molecule has 5 heteroatoms. The maximum atomic E-state index is 10.5. The van der Waals surface area contributed by atoms with Crippen molar-refractivity contribution in [3.63, 3.8) is 0 Å². The van der Waals surface area contributed by atoms with Gasteiger partial charge in [0, 0.05) is 12.0 Å². The lowest BCUT2D eigenvalue weighted by Crippen LogP contribution is -2.24. The number of carbonyl (C=O) groups is 1. The van der Waals surface area contributed by atoms with Crippen molar-refractivity contribution >= 4 is 29.2 Å². The molecule has 0 saturated carbocycles. The molecule has 3 aromatic rings. The molecule has 2 N–H and O–H groups in total. The second-order valence-electron chi connectivity index (χ2n) is 7.74. The minimum atomic E-state index is -0.781. The van der Waals surface area contributed by atoms with Crippen molar-refractivity contribution in [2.75, 3.05) is 7.05 Å². The lowest BCUT2D eigenvalue weighted by molar-refractivity contribution is -0.138. The van der Waals surface area contributed by atoms with Gasteiger partial charge in [0.1, 0.15) is 0 Å². The van der Waals surface area contributed by atoms with Crippen molar-refractivity contribution < 1.29 is 9.90 Å². The molecular weight excluding hydrogens is 429 g/mol. The zero-order chi connectivity index (χ0) is 22.4. The summed E-state index contributed by atoms with van der Waals surface area (Å²) in [6, 6.07) is 24.3. The fourth-order valence-corrected chi connectivity index (χ4v) is 4.36. The number of carboxylic acids is 1. The molecule has 1 aliphatic carbocycles. The van der Waals surface area contributed by atoms with Crippen LogP contribution in [0.5, 0.6) is 0 Å². The Labute approximate surface area is 194 Å². The van der Waals surface area contributed by atoms with E-state index in [0.717, 1.165) is 18.4 Å². The minimum absolute atomic E-state index is 0.406. The Hall–Kier alpha value is -2.33. The highest BCUT2D eigenvalue weighted by molar-refractivity contribution is 6.42. The van der Waals surface area contributed by atoms with Crippen molar-refractivity contribution in [2.24, 2.45) is 0 Å². The standard InChI is InChI=1S/C17H17Cl2N.C9H10O2/c1-20-17-9-7-12(13-4-2-3-5-14(13)17)11-6-8-15(18)16(19)10-11;1-7(9(10)11)8-5-3-2-4-6-8/h2-6,8,10,12,17,20H,7,9H2,1H3;2-7H,1H3,(H,10,11)/t12-,17-;7-/m01/s1. The average molecular weight is 456 g/mol. The van der Waals surface area contributed by atoms with E-state index in [2.05, 4.69) is 35.6 Å². The van der Waals surface area contributed by atoms with Crippen LogP contribution in [0.4, 0.5) is 0 Å². The topological polar surface area (TPSA) is 49.3 Å². The van der Waals surface area contributed by atoms with Crippen molar-refractivity contribution in [1.29, 1.82) is 0 Å². The molecule has 0 spiro atoms. The summed E-state index contributed by atoms with van der Waals surface area (Å²) in [5.74, 6) is -0.780. The van der Waals surface area contributed by atoms with Gasteiger partial charge in [0.05, 0.1) is 16.0 Å². The molecule has 4 rings (SSSR count). The zero-order valence-electron chi connectivity index (χ0n) is 17.7. The van der Waals surface area contributed by atoms with E-state index in [0.29, 0.717) is 22.0 Å². The van der Waals surface area contributed by atoms with E-state index in [1.165, 1.54) is 16.7 Å². The number of nitrogens with one attached hydrogen (secondary N) is 1. The van der Waals surface area contributed by atoms with E-state index in [1.807, 2.05) is 49.5 Å². The second kappa shape index (κ2) is 10.8. The normalized spacial score (nSPS) is 18.3. The largest absolute Gasteiger partial charge is 0.481 e. The van der Waals surface area contributed by atoms with E-state index in [9.17, 15) is 4.79 Å². The average Bonchev–Trinajstić information content (AvgIpc) is 2.80. The first-order chi connectivity index (χ1) is 14.9. The Bertz CT molecular complexity index is 1020. The van der Waals surface area contributed by atoms with Gasteiger partial charge in [0.25, 0.3) is 0 Å². The first-order valence-electron chi connectivity index (χ1n) is 10.4. The van der Waals surface area contributed by atoms with Crippen LogP contribution >= 0.6 is 23.2 Å². The van der Waals surface area contributed by atoms with Gasteiger partial charge >= 0.3 is 5.97 Å². The van der Waals surface area contributed by atoms with Gasteiger partial charge in [-0.3, -0.25) is 4.79 Å². The minimum Gasteiger partial charge on any atom is -0.481 e. The highest BCUT2D eigenvalue weighted by Gasteiger charge is 2.27. The van der Waals surface area contributed by atoms with Gasteiger partial charge in [-0.1, -0.05) is 83.9 Å². The molecular formula is C26H27Cl2NO2. The Kier molecular flexibility index (Phi) is 8.14. The summed E-state index contributed by atoms with van der Waals surface area (Å²) in [6.07, 6.45) is 2.26. The summed E-state index contributed by atoms with van der Waals surface area (Å²) in [4.78, 5) is 10.5. The predicted molar refractivity (Wildman–Crippen MR) is 128 cm³/mol. The first kappa shape index (κ1) is 23.3. The van der Waals surface area contributed by atoms with E-state index in [4.69, 9.17) is 28.3 Å². The number of rotatable bonds is 4. The fraction of sp³-hybridized carbons (Fsp3) is 0.269. The number of carboxylic acid groups (broad SMARTS) is 1. The highest BCUT2D eigenvalue weighted by Crippen LogP contribution is 2.42. The van der Waals surface area contributed by atoms with Crippen LogP contribution in [0.2, 0.25) is 10.0 Å². The molecule has 3 atom stereocenters. The molecule has 3 nitrogen and oxygen atoms in total. The molecule has 0 saturated heterocycles. The molecule has 0 fully saturated rings. The summed E-state index contributed by atoms with van der Waals surface area (Å²) in [6.45, 7) is 1.68. The predicted octanol–water partition coefficient (Wildman–Crippen LogP) is 7.05. The van der Waals surface area contributed by atoms with Crippen LogP contribution in [-0.2, 0) is 4.79 Å². The number of aliphatic carboxylic acids is 1. The van der Waals surface area contributed by atoms with Crippen molar-refractivity contribution in [3.05, 3.63) is 105 Å². The SMILES string of the molecule is CN[C@H]1CC[C@@H](c2ccc(Cl)c(Cl)c2)c2ccccc21.C[C@@H](C(=O)O)c1ccccc1. The van der Waals surface area contributed by atoms with Gasteiger partial charge in [0.15, 0.2) is 0 Å². The van der Waals surface area contributed by atoms with Gasteiger partial charge in [-0.25, -0.2) is 0 Å². The first-order valence-corrected chi connectivity index (χ1v) is 11.2. The van der Waals surface area contributed by atoms with Crippen LogP contribution in [0.3, 0.4) is 0 Å². The maximum absolute atomic E-state index is 10.5. The smallest absolute Gasteiger partial charge is 0.310 e. The fourth-order valence-electron chi connectivity index (χ4n) is 4.05. The second-order valence-corrected chi connectivity index (χ2v) is 8.56. The zero-order valence-corrected chi connectivity index (χ0v) is 19.2. The van der Waals surface area contributed by atoms with E-state index < -0.39 is 11.9 Å². The Morgan fingerprint density at radius 1 is 0.935 bits per heavy atom. The van der Waals surface area contributed by atoms with Crippen LogP contribution in [-0.4, -0.2) is 18.1 Å². The van der Waals surface area contributed by atoms with Crippen LogP contribution in [0, 0.1) is 0 Å². The van der Waals surface area contributed by atoms with Crippen LogP contribution < -0.4 is 5.32 Å². The molecule has 0 amide bonds. The van der Waals surface area contributed by atoms with Gasteiger partial charge < -0.3 is 10.4 Å². The molecule has 31 heavy (non-hydrogen) atoms. The van der Waals surface area contributed by atoms with Crippen LogP contribution in [0.25, 0.3) is 0 Å². The molecule has 3 aromatic carbocycles. The lowest BCUT2D eigenvalue weighted by atomic mass is 9.77. The number of hydrogen-bond acceptors (Lipinski definition) is 2. The van der Waals surface area contributed by atoms with Crippen molar-refractivity contribution in [2.45, 2.75) is 37.6 Å². The van der Waals surface area contributed by atoms with E-state index in [-0.39, 0.29) is 0 Å². The summed E-state index contributed by atoms with van der Waals surface area (Å²) in [5, 5.41) is 13.3.